The maximum absolute atomic E-state index is 13.4. The van der Waals surface area contributed by atoms with Gasteiger partial charge in [0.25, 0.3) is 0 Å². The summed E-state index contributed by atoms with van der Waals surface area (Å²) >= 11 is 0. The minimum absolute atomic E-state index is 0.0175. The lowest BCUT2D eigenvalue weighted by molar-refractivity contribution is 0.0221. The van der Waals surface area contributed by atoms with Gasteiger partial charge in [0.1, 0.15) is 6.10 Å². The van der Waals surface area contributed by atoms with Crippen LogP contribution in [-0.4, -0.2) is 121 Å². The van der Waals surface area contributed by atoms with Crippen molar-refractivity contribution in [1.29, 1.82) is 0 Å². The van der Waals surface area contributed by atoms with Crippen molar-refractivity contribution < 1.29 is 47.9 Å². The molecule has 46 heavy (non-hydrogen) atoms. The lowest BCUT2D eigenvalue weighted by Crippen LogP contribution is -2.34. The number of carbonyl (C=O) groups excluding carboxylic acids is 1. The van der Waals surface area contributed by atoms with Gasteiger partial charge < -0.3 is 53.8 Å². The molecule has 3 rings (SSSR count). The monoisotopic (exact) mass is 647 g/mol. The van der Waals surface area contributed by atoms with Crippen molar-refractivity contribution in [2.75, 3.05) is 88.0 Å². The zero-order valence-electron chi connectivity index (χ0n) is 27.7. The lowest BCUT2D eigenvalue weighted by Gasteiger charge is -2.25. The van der Waals surface area contributed by atoms with Gasteiger partial charge in [-0.2, -0.15) is 0 Å². The van der Waals surface area contributed by atoms with Crippen molar-refractivity contribution in [1.82, 2.24) is 9.80 Å². The molecule has 1 heterocycles. The molecule has 13 nitrogen and oxygen atoms in total. The molecule has 0 saturated carbocycles. The Balaban J connectivity index is 1.72. The van der Waals surface area contributed by atoms with Crippen LogP contribution in [0, 0.1) is 0 Å². The van der Waals surface area contributed by atoms with Gasteiger partial charge in [-0.3, -0.25) is 0 Å². The van der Waals surface area contributed by atoms with Crippen LogP contribution < -0.4 is 34.2 Å². The van der Waals surface area contributed by atoms with Gasteiger partial charge in [-0.25, -0.2) is 9.59 Å². The Labute approximate surface area is 271 Å². The Morgan fingerprint density at radius 2 is 1.28 bits per heavy atom. The van der Waals surface area contributed by atoms with E-state index in [0.717, 1.165) is 52.1 Å². The first-order chi connectivity index (χ1) is 22.3. The van der Waals surface area contributed by atoms with Crippen LogP contribution in [0.15, 0.2) is 24.3 Å². The molecule has 2 aromatic carbocycles. The first-order valence-electron chi connectivity index (χ1n) is 15.6. The van der Waals surface area contributed by atoms with E-state index in [4.69, 9.17) is 38.9 Å². The molecule has 3 N–H and O–H groups in total. The summed E-state index contributed by atoms with van der Waals surface area (Å²) in [5.41, 5.74) is 6.01. The number of nitrogens with two attached hydrogens (primary N) is 1. The maximum atomic E-state index is 13.4. The smallest absolute Gasteiger partial charge is 0.338 e. The summed E-state index contributed by atoms with van der Waals surface area (Å²) in [5, 5.41) is 9.51. The van der Waals surface area contributed by atoms with E-state index in [1.807, 2.05) is 0 Å². The molecule has 0 aliphatic carbocycles. The Morgan fingerprint density at radius 3 is 1.83 bits per heavy atom. The standard InChI is InChI=1S/C33H49N3O10/c1-40-26-19-23(32(37)38)20-29(31(26)44-5)45-18-6-9-25(10-15-36-14-8-13-35(16-17-36)12-7-11-34)46-33(39)24-21-27(41-2)30(43-4)28(22-24)42-3/h19-22,25H,6-18,34H2,1-5H3,(H,37,38)/t25-/m1/s1. The summed E-state index contributed by atoms with van der Waals surface area (Å²) in [5.74, 6) is 0.305. The van der Waals surface area contributed by atoms with Gasteiger partial charge in [-0.15, -0.1) is 0 Å². The number of ether oxygens (including phenoxy) is 7. The van der Waals surface area contributed by atoms with Gasteiger partial charge in [-0.1, -0.05) is 0 Å². The van der Waals surface area contributed by atoms with Crippen molar-refractivity contribution >= 4 is 11.9 Å². The van der Waals surface area contributed by atoms with Gasteiger partial charge in [0.2, 0.25) is 11.5 Å². The van der Waals surface area contributed by atoms with Gasteiger partial charge in [0.15, 0.2) is 23.0 Å². The number of aromatic carboxylic acids is 1. The molecule has 1 aliphatic heterocycles. The number of carbonyl (C=O) groups is 2. The van der Waals surface area contributed by atoms with Crippen molar-refractivity contribution in [3.8, 4) is 34.5 Å². The number of benzene rings is 2. The van der Waals surface area contributed by atoms with Gasteiger partial charge in [0, 0.05) is 19.6 Å². The van der Waals surface area contributed by atoms with E-state index in [0.29, 0.717) is 48.8 Å². The molecule has 2 aromatic rings. The predicted molar refractivity (Wildman–Crippen MR) is 172 cm³/mol. The molecule has 1 aliphatic rings. The van der Waals surface area contributed by atoms with Crippen LogP contribution in [-0.2, 0) is 4.74 Å². The fourth-order valence-electron chi connectivity index (χ4n) is 5.45. The SMILES string of the molecule is COc1cc(C(=O)O[C@H](CCCOc2cc(C(=O)O)cc(OC)c2OC)CCN2CCCN(CCCN)CC2)cc(OC)c1OC. The van der Waals surface area contributed by atoms with E-state index in [1.54, 1.807) is 12.1 Å². The molecule has 0 spiro atoms. The molecule has 0 amide bonds. The van der Waals surface area contributed by atoms with Crippen LogP contribution in [0.4, 0.5) is 0 Å². The van der Waals surface area contributed by atoms with Crippen LogP contribution in [0.2, 0.25) is 0 Å². The quantitative estimate of drug-likeness (QED) is 0.169. The van der Waals surface area contributed by atoms with Crippen LogP contribution in [0.1, 0.15) is 52.8 Å². The van der Waals surface area contributed by atoms with Gasteiger partial charge in [-0.05, 0) is 82.5 Å². The van der Waals surface area contributed by atoms with E-state index in [1.165, 1.54) is 47.7 Å². The summed E-state index contributed by atoms with van der Waals surface area (Å²) in [7, 11) is 7.38. The van der Waals surface area contributed by atoms with Crippen molar-refractivity contribution in [3.63, 3.8) is 0 Å². The summed E-state index contributed by atoms with van der Waals surface area (Å²) in [6, 6.07) is 5.93. The first kappa shape index (κ1) is 36.5. The van der Waals surface area contributed by atoms with Gasteiger partial charge in [0.05, 0.1) is 53.3 Å². The fraction of sp³-hybridized carbons (Fsp3) is 0.576. The highest BCUT2D eigenvalue weighted by molar-refractivity contribution is 5.91. The highest BCUT2D eigenvalue weighted by Crippen LogP contribution is 2.39. The third-order valence-electron chi connectivity index (χ3n) is 7.92. The molecule has 1 fully saturated rings. The zero-order chi connectivity index (χ0) is 33.5. The van der Waals surface area contributed by atoms with E-state index in [9.17, 15) is 14.7 Å². The van der Waals surface area contributed by atoms with E-state index in [-0.39, 0.29) is 29.2 Å². The molecule has 0 radical (unpaired) electrons. The number of esters is 1. The van der Waals surface area contributed by atoms with Crippen molar-refractivity contribution in [2.24, 2.45) is 5.73 Å². The van der Waals surface area contributed by atoms with Crippen LogP contribution in [0.3, 0.4) is 0 Å². The minimum atomic E-state index is -1.11. The second-order valence-corrected chi connectivity index (χ2v) is 10.9. The molecule has 0 bridgehead atoms. The molecule has 13 heteroatoms. The average Bonchev–Trinajstić information content (AvgIpc) is 3.31. The summed E-state index contributed by atoms with van der Waals surface area (Å²) < 4.78 is 39.0. The summed E-state index contributed by atoms with van der Waals surface area (Å²) in [4.78, 5) is 29.9. The Hall–Kier alpha value is -3.94. The zero-order valence-corrected chi connectivity index (χ0v) is 27.7. The molecule has 0 unspecified atom stereocenters. The number of nitrogens with zero attached hydrogens (tertiary/aromatic N) is 2. The Morgan fingerprint density at radius 1 is 0.739 bits per heavy atom. The summed E-state index contributed by atoms with van der Waals surface area (Å²) in [6.45, 7) is 6.62. The van der Waals surface area contributed by atoms with Gasteiger partial charge >= 0.3 is 11.9 Å². The highest BCUT2D eigenvalue weighted by atomic mass is 16.6. The molecule has 256 valence electrons. The molecule has 0 aromatic heterocycles. The summed E-state index contributed by atoms with van der Waals surface area (Å²) in [6.07, 6.45) is 3.32. The number of carboxylic acid groups (broad SMARTS) is 1. The molecular formula is C33H49N3O10. The fourth-order valence-corrected chi connectivity index (χ4v) is 5.45. The van der Waals surface area contributed by atoms with Crippen molar-refractivity contribution in [3.05, 3.63) is 35.4 Å². The van der Waals surface area contributed by atoms with E-state index in [2.05, 4.69) is 9.80 Å². The minimum Gasteiger partial charge on any atom is -0.493 e. The third kappa shape index (κ3) is 10.3. The first-order valence-corrected chi connectivity index (χ1v) is 15.6. The normalized spacial score (nSPS) is 14.6. The largest absolute Gasteiger partial charge is 0.493 e. The third-order valence-corrected chi connectivity index (χ3v) is 7.92. The Kier molecular flexibility index (Phi) is 15.0. The number of hydrogen-bond donors (Lipinski definition) is 2. The predicted octanol–water partition coefficient (Wildman–Crippen LogP) is 3.56. The van der Waals surface area contributed by atoms with Crippen molar-refractivity contribution in [2.45, 2.75) is 38.2 Å². The highest BCUT2D eigenvalue weighted by Gasteiger charge is 2.23. The Bertz CT molecular complexity index is 1250. The van der Waals surface area contributed by atoms with Crippen LogP contribution >= 0.6 is 0 Å². The second kappa shape index (κ2) is 18.9. The molecule has 1 saturated heterocycles. The number of rotatable bonds is 19. The second-order valence-electron chi connectivity index (χ2n) is 10.9. The molecule has 1 atom stereocenters. The lowest BCUT2D eigenvalue weighted by atomic mass is 10.1. The number of methoxy groups -OCH3 is 5. The number of carboxylic acids is 1. The average molecular weight is 648 g/mol. The van der Waals surface area contributed by atoms with E-state index < -0.39 is 18.0 Å². The van der Waals surface area contributed by atoms with E-state index >= 15 is 0 Å². The molecular weight excluding hydrogens is 598 g/mol. The van der Waals surface area contributed by atoms with Crippen LogP contribution in [0.5, 0.6) is 34.5 Å². The number of hydrogen-bond acceptors (Lipinski definition) is 12. The topological polar surface area (TPSA) is 151 Å². The van der Waals surface area contributed by atoms with Crippen LogP contribution in [0.25, 0.3) is 0 Å². The maximum Gasteiger partial charge on any atom is 0.338 e.